The first-order valence-electron chi connectivity index (χ1n) is 11.2. The van der Waals surface area contributed by atoms with Gasteiger partial charge in [-0.25, -0.2) is 0 Å². The Bertz CT molecular complexity index is 955. The van der Waals surface area contributed by atoms with E-state index in [1.165, 1.54) is 20.6 Å². The van der Waals surface area contributed by atoms with Gasteiger partial charge in [0.05, 0.1) is 25.6 Å². The standard InChI is InChI=1S/C26H34N2O4/c1-26(2,3)19-13-11-18(12-14-19)25(30)28-21-16-22(31-4)20(15-23(21)32-5)27-24(29)17-9-7-6-8-10-17/h11-17H,6-10H2,1-5H3,(H,27,29)(H,28,30). The van der Waals surface area contributed by atoms with Crippen LogP contribution in [-0.2, 0) is 10.2 Å². The second-order valence-corrected chi connectivity index (χ2v) is 9.36. The summed E-state index contributed by atoms with van der Waals surface area (Å²) in [7, 11) is 3.07. The lowest BCUT2D eigenvalue weighted by atomic mass is 9.87. The van der Waals surface area contributed by atoms with Crippen LogP contribution in [0.4, 0.5) is 11.4 Å². The van der Waals surface area contributed by atoms with Crippen LogP contribution in [0, 0.1) is 5.92 Å². The molecule has 0 radical (unpaired) electrons. The molecule has 0 bridgehead atoms. The van der Waals surface area contributed by atoms with E-state index in [1.807, 2.05) is 24.3 Å². The zero-order valence-corrected chi connectivity index (χ0v) is 19.7. The van der Waals surface area contributed by atoms with Crippen molar-refractivity contribution in [2.24, 2.45) is 5.92 Å². The largest absolute Gasteiger partial charge is 0.494 e. The molecule has 2 aromatic carbocycles. The third kappa shape index (κ3) is 5.61. The molecule has 2 N–H and O–H groups in total. The van der Waals surface area contributed by atoms with Gasteiger partial charge >= 0.3 is 0 Å². The van der Waals surface area contributed by atoms with Crippen molar-refractivity contribution >= 4 is 23.2 Å². The lowest BCUT2D eigenvalue weighted by Gasteiger charge is -2.22. The molecule has 6 nitrogen and oxygen atoms in total. The molecule has 1 saturated carbocycles. The second-order valence-electron chi connectivity index (χ2n) is 9.36. The third-order valence-corrected chi connectivity index (χ3v) is 6.02. The van der Waals surface area contributed by atoms with Gasteiger partial charge in [-0.1, -0.05) is 52.2 Å². The van der Waals surface area contributed by atoms with E-state index < -0.39 is 0 Å². The minimum Gasteiger partial charge on any atom is -0.494 e. The summed E-state index contributed by atoms with van der Waals surface area (Å²) >= 11 is 0. The highest BCUT2D eigenvalue weighted by Crippen LogP contribution is 2.37. The molecular weight excluding hydrogens is 404 g/mol. The summed E-state index contributed by atoms with van der Waals surface area (Å²) in [5.74, 6) is 0.693. The summed E-state index contributed by atoms with van der Waals surface area (Å²) < 4.78 is 11.0. The molecule has 0 aromatic heterocycles. The molecule has 0 atom stereocenters. The first-order valence-corrected chi connectivity index (χ1v) is 11.2. The van der Waals surface area contributed by atoms with Gasteiger partial charge in [0.2, 0.25) is 5.91 Å². The van der Waals surface area contributed by atoms with Gasteiger partial charge in [0.1, 0.15) is 11.5 Å². The van der Waals surface area contributed by atoms with Crippen molar-refractivity contribution in [1.29, 1.82) is 0 Å². The number of carbonyl (C=O) groups excluding carboxylic acids is 2. The number of amides is 2. The van der Waals surface area contributed by atoms with E-state index in [4.69, 9.17) is 9.47 Å². The highest BCUT2D eigenvalue weighted by Gasteiger charge is 2.23. The van der Waals surface area contributed by atoms with Crippen molar-refractivity contribution < 1.29 is 19.1 Å². The van der Waals surface area contributed by atoms with Gasteiger partial charge in [0.15, 0.2) is 0 Å². The van der Waals surface area contributed by atoms with Crippen molar-refractivity contribution in [3.05, 3.63) is 47.5 Å². The van der Waals surface area contributed by atoms with Gasteiger partial charge in [-0.3, -0.25) is 9.59 Å². The molecule has 0 saturated heterocycles. The minimum atomic E-state index is -0.246. The number of benzene rings is 2. The van der Waals surface area contributed by atoms with Gasteiger partial charge in [-0.05, 0) is 36.0 Å². The fourth-order valence-corrected chi connectivity index (χ4v) is 4.01. The van der Waals surface area contributed by atoms with Crippen LogP contribution in [0.5, 0.6) is 11.5 Å². The van der Waals surface area contributed by atoms with Gasteiger partial charge in [-0.15, -0.1) is 0 Å². The van der Waals surface area contributed by atoms with E-state index in [0.717, 1.165) is 31.2 Å². The minimum absolute atomic E-state index is 0.000719. The van der Waals surface area contributed by atoms with Crippen molar-refractivity contribution in [3.8, 4) is 11.5 Å². The molecule has 0 spiro atoms. The van der Waals surface area contributed by atoms with E-state index in [9.17, 15) is 9.59 Å². The molecule has 1 fully saturated rings. The number of ether oxygens (including phenoxy) is 2. The maximum atomic E-state index is 12.8. The SMILES string of the molecule is COc1cc(NC(=O)C2CCCCC2)c(OC)cc1NC(=O)c1ccc(C(C)(C)C)cc1. The summed E-state index contributed by atoms with van der Waals surface area (Å²) in [6, 6.07) is 10.9. The maximum Gasteiger partial charge on any atom is 0.255 e. The Balaban J connectivity index is 1.79. The third-order valence-electron chi connectivity index (χ3n) is 6.02. The first kappa shape index (κ1) is 23.6. The normalized spacial score (nSPS) is 14.5. The molecule has 0 heterocycles. The van der Waals surface area contributed by atoms with Crippen LogP contribution in [0.3, 0.4) is 0 Å². The Morgan fingerprint density at radius 1 is 0.844 bits per heavy atom. The molecule has 0 aliphatic heterocycles. The molecule has 172 valence electrons. The summed E-state index contributed by atoms with van der Waals surface area (Å²) in [4.78, 5) is 25.5. The molecule has 1 aliphatic rings. The van der Waals surface area contributed by atoms with Gasteiger partial charge in [0.25, 0.3) is 5.91 Å². The number of anilines is 2. The highest BCUT2D eigenvalue weighted by molar-refractivity contribution is 6.05. The summed E-state index contributed by atoms with van der Waals surface area (Å²) in [5, 5.41) is 5.88. The number of rotatable bonds is 6. The van der Waals surface area contributed by atoms with E-state index in [0.29, 0.717) is 28.4 Å². The van der Waals surface area contributed by atoms with Gasteiger partial charge in [-0.2, -0.15) is 0 Å². The summed E-state index contributed by atoms with van der Waals surface area (Å²) in [5.41, 5.74) is 2.74. The van der Waals surface area contributed by atoms with Crippen LogP contribution < -0.4 is 20.1 Å². The van der Waals surface area contributed by atoms with Crippen molar-refractivity contribution in [1.82, 2.24) is 0 Å². The number of hydrogen-bond acceptors (Lipinski definition) is 4. The van der Waals surface area contributed by atoms with E-state index in [2.05, 4.69) is 31.4 Å². The molecule has 2 aromatic rings. The van der Waals surface area contributed by atoms with Crippen LogP contribution in [0.1, 0.15) is 68.8 Å². The quantitative estimate of drug-likeness (QED) is 0.600. The van der Waals surface area contributed by atoms with Crippen molar-refractivity contribution in [2.75, 3.05) is 24.9 Å². The average Bonchev–Trinajstić information content (AvgIpc) is 2.79. The second kappa shape index (κ2) is 10.1. The maximum absolute atomic E-state index is 12.8. The molecule has 1 aliphatic carbocycles. The molecular formula is C26H34N2O4. The topological polar surface area (TPSA) is 76.7 Å². The van der Waals surface area contributed by atoms with Crippen molar-refractivity contribution in [3.63, 3.8) is 0 Å². The van der Waals surface area contributed by atoms with Crippen LogP contribution in [0.25, 0.3) is 0 Å². The number of carbonyl (C=O) groups is 2. The predicted molar refractivity (Wildman–Crippen MR) is 128 cm³/mol. The van der Waals surface area contributed by atoms with Gasteiger partial charge in [0, 0.05) is 23.6 Å². The molecule has 6 heteroatoms. The Kier molecular flexibility index (Phi) is 7.44. The van der Waals surface area contributed by atoms with E-state index in [-0.39, 0.29) is 23.1 Å². The Morgan fingerprint density at radius 3 is 1.88 bits per heavy atom. The van der Waals surface area contributed by atoms with Crippen LogP contribution in [0.2, 0.25) is 0 Å². The Morgan fingerprint density at radius 2 is 1.38 bits per heavy atom. The van der Waals surface area contributed by atoms with Crippen LogP contribution in [0.15, 0.2) is 36.4 Å². The fraction of sp³-hybridized carbons (Fsp3) is 0.462. The monoisotopic (exact) mass is 438 g/mol. The molecule has 3 rings (SSSR count). The van der Waals surface area contributed by atoms with Crippen molar-refractivity contribution in [2.45, 2.75) is 58.3 Å². The van der Waals surface area contributed by atoms with Crippen LogP contribution >= 0.6 is 0 Å². The lowest BCUT2D eigenvalue weighted by molar-refractivity contribution is -0.120. The Labute approximate surface area is 190 Å². The average molecular weight is 439 g/mol. The number of nitrogens with one attached hydrogen (secondary N) is 2. The summed E-state index contributed by atoms with van der Waals surface area (Å²) in [6.07, 6.45) is 5.18. The number of hydrogen-bond donors (Lipinski definition) is 2. The predicted octanol–water partition coefficient (Wildman–Crippen LogP) is 5.77. The molecule has 2 amide bonds. The summed E-state index contributed by atoms with van der Waals surface area (Å²) in [6.45, 7) is 6.40. The van der Waals surface area contributed by atoms with E-state index >= 15 is 0 Å². The zero-order chi connectivity index (χ0) is 23.3. The zero-order valence-electron chi connectivity index (χ0n) is 19.7. The Hall–Kier alpha value is -3.02. The first-order chi connectivity index (χ1) is 15.2. The van der Waals surface area contributed by atoms with E-state index in [1.54, 1.807) is 12.1 Å². The molecule has 0 unspecified atom stereocenters. The number of methoxy groups -OCH3 is 2. The van der Waals surface area contributed by atoms with Gasteiger partial charge < -0.3 is 20.1 Å². The van der Waals surface area contributed by atoms with Crippen LogP contribution in [-0.4, -0.2) is 26.0 Å². The lowest BCUT2D eigenvalue weighted by Crippen LogP contribution is -2.25. The highest BCUT2D eigenvalue weighted by atomic mass is 16.5. The smallest absolute Gasteiger partial charge is 0.255 e. The molecule has 32 heavy (non-hydrogen) atoms. The fourth-order valence-electron chi connectivity index (χ4n) is 4.01.